The second-order valence-electron chi connectivity index (χ2n) is 6.93. The Balaban J connectivity index is 1.72. The minimum atomic E-state index is -4.32. The molecule has 29 heavy (non-hydrogen) atoms. The van der Waals surface area contributed by atoms with Crippen molar-refractivity contribution in [1.29, 1.82) is 0 Å². The summed E-state index contributed by atoms with van der Waals surface area (Å²) in [5.41, 5.74) is 0. The van der Waals surface area contributed by atoms with Crippen LogP contribution < -0.4 is 4.74 Å². The second kappa shape index (κ2) is 8.40. The van der Waals surface area contributed by atoms with Gasteiger partial charge in [0.2, 0.25) is 10.0 Å². The molecule has 2 heterocycles. The summed E-state index contributed by atoms with van der Waals surface area (Å²) in [6, 6.07) is 1.26. The number of sulfonamides is 1. The van der Waals surface area contributed by atoms with Crippen LogP contribution in [-0.2, 0) is 20.2 Å². The largest absolute Gasteiger partial charge is 0.494 e. The highest BCUT2D eigenvalue weighted by atomic mass is 32.2. The van der Waals surface area contributed by atoms with Gasteiger partial charge in [0.1, 0.15) is 10.7 Å². The van der Waals surface area contributed by atoms with E-state index in [1.165, 1.54) is 8.61 Å². The van der Waals surface area contributed by atoms with Crippen molar-refractivity contribution < 1.29 is 30.4 Å². The van der Waals surface area contributed by atoms with Crippen LogP contribution in [0.25, 0.3) is 0 Å². The molecule has 1 aromatic rings. The Kier molecular flexibility index (Phi) is 6.46. The van der Waals surface area contributed by atoms with Crippen LogP contribution in [0, 0.1) is 11.6 Å². The number of piperazine rings is 2. The van der Waals surface area contributed by atoms with E-state index in [-0.39, 0.29) is 26.2 Å². The molecule has 0 unspecified atom stereocenters. The van der Waals surface area contributed by atoms with Crippen LogP contribution in [0.5, 0.6) is 5.75 Å². The van der Waals surface area contributed by atoms with Gasteiger partial charge in [-0.2, -0.15) is 21.3 Å². The predicted molar refractivity (Wildman–Crippen MR) is 101 cm³/mol. The standard InChI is InChI=1S/C16H24F2N4O5S2/c1-19-3-5-21(6-4-19)29(25,26)22-9-7-20(8-10-22)28(23,24)16-12-13(17)15(27-2)11-14(16)18/h11-12H,3-10H2,1-2H3. The zero-order valence-corrected chi connectivity index (χ0v) is 17.8. The van der Waals surface area contributed by atoms with Crippen molar-refractivity contribution >= 4 is 20.2 Å². The Bertz CT molecular complexity index is 958. The maximum Gasteiger partial charge on any atom is 0.282 e. The minimum Gasteiger partial charge on any atom is -0.494 e. The van der Waals surface area contributed by atoms with Crippen LogP contribution in [0.4, 0.5) is 8.78 Å². The monoisotopic (exact) mass is 454 g/mol. The molecule has 1 aromatic carbocycles. The van der Waals surface area contributed by atoms with E-state index in [4.69, 9.17) is 0 Å². The first-order valence-electron chi connectivity index (χ1n) is 9.04. The van der Waals surface area contributed by atoms with E-state index in [0.717, 1.165) is 11.4 Å². The summed E-state index contributed by atoms with van der Waals surface area (Å²) >= 11 is 0. The molecule has 3 rings (SSSR count). The quantitative estimate of drug-likeness (QED) is 0.611. The van der Waals surface area contributed by atoms with E-state index in [2.05, 4.69) is 4.74 Å². The van der Waals surface area contributed by atoms with Crippen molar-refractivity contribution in [3.63, 3.8) is 0 Å². The molecule has 0 amide bonds. The van der Waals surface area contributed by atoms with E-state index < -0.39 is 42.5 Å². The number of halogens is 2. The third-order valence-corrected chi connectivity index (χ3v) is 9.09. The molecule has 0 N–H and O–H groups in total. The van der Waals surface area contributed by atoms with E-state index in [1.807, 2.05) is 11.9 Å². The lowest BCUT2D eigenvalue weighted by atomic mass is 10.3. The molecule has 2 aliphatic rings. The van der Waals surface area contributed by atoms with Crippen molar-refractivity contribution in [2.45, 2.75) is 4.90 Å². The summed E-state index contributed by atoms with van der Waals surface area (Å²) in [7, 11) is -4.96. The molecule has 2 aliphatic heterocycles. The molecule has 0 radical (unpaired) electrons. The Labute approximate surface area is 169 Å². The predicted octanol–water partition coefficient (Wildman–Crippen LogP) is -0.228. The third-order valence-electron chi connectivity index (χ3n) is 5.14. The molecule has 0 bridgehead atoms. The molecule has 0 aliphatic carbocycles. The molecule has 9 nitrogen and oxygen atoms in total. The molecule has 164 valence electrons. The number of ether oxygens (including phenoxy) is 1. The van der Waals surface area contributed by atoms with Gasteiger partial charge in [0.15, 0.2) is 11.6 Å². The van der Waals surface area contributed by atoms with Gasteiger partial charge >= 0.3 is 0 Å². The van der Waals surface area contributed by atoms with Crippen LogP contribution in [0.15, 0.2) is 17.0 Å². The summed E-state index contributed by atoms with van der Waals surface area (Å²) in [5, 5.41) is 0. The first-order chi connectivity index (χ1) is 13.6. The normalized spacial score (nSPS) is 21.4. The fourth-order valence-electron chi connectivity index (χ4n) is 3.33. The van der Waals surface area contributed by atoms with E-state index in [1.54, 1.807) is 0 Å². The Morgan fingerprint density at radius 1 is 0.793 bits per heavy atom. The summed E-state index contributed by atoms with van der Waals surface area (Å²) in [6.45, 7) is 1.56. The number of methoxy groups -OCH3 is 1. The maximum atomic E-state index is 14.2. The lowest BCUT2D eigenvalue weighted by molar-refractivity contribution is 0.201. The van der Waals surface area contributed by atoms with Crippen molar-refractivity contribution in [2.75, 3.05) is 66.5 Å². The molecular weight excluding hydrogens is 430 g/mol. The van der Waals surface area contributed by atoms with Crippen LogP contribution >= 0.6 is 0 Å². The van der Waals surface area contributed by atoms with Gasteiger partial charge in [-0.3, -0.25) is 0 Å². The zero-order chi connectivity index (χ0) is 21.4. The maximum absolute atomic E-state index is 14.2. The van der Waals surface area contributed by atoms with Gasteiger partial charge in [-0.15, -0.1) is 0 Å². The second-order valence-corrected chi connectivity index (χ2v) is 10.8. The van der Waals surface area contributed by atoms with Gasteiger partial charge < -0.3 is 9.64 Å². The summed E-state index contributed by atoms with van der Waals surface area (Å²) in [4.78, 5) is 1.23. The lowest BCUT2D eigenvalue weighted by Crippen LogP contribution is -2.57. The molecule has 2 fully saturated rings. The van der Waals surface area contributed by atoms with E-state index >= 15 is 0 Å². The molecular formula is C16H24F2N4O5S2. The highest BCUT2D eigenvalue weighted by molar-refractivity contribution is 7.89. The van der Waals surface area contributed by atoms with Gasteiger partial charge in [-0.1, -0.05) is 0 Å². The van der Waals surface area contributed by atoms with E-state index in [0.29, 0.717) is 38.3 Å². The van der Waals surface area contributed by atoms with Crippen molar-refractivity contribution in [2.24, 2.45) is 0 Å². The van der Waals surface area contributed by atoms with Gasteiger partial charge in [0.25, 0.3) is 10.2 Å². The molecule has 0 saturated carbocycles. The minimum absolute atomic E-state index is 0.0614. The summed E-state index contributed by atoms with van der Waals surface area (Å²) in [5.74, 6) is -2.52. The SMILES string of the molecule is COc1cc(F)c(S(=O)(=O)N2CCN(S(=O)(=O)N3CCN(C)CC3)CC2)cc1F. The van der Waals surface area contributed by atoms with Gasteiger partial charge in [-0.25, -0.2) is 17.2 Å². The topological polar surface area (TPSA) is 90.5 Å². The highest BCUT2D eigenvalue weighted by Crippen LogP contribution is 2.27. The molecule has 2 saturated heterocycles. The van der Waals surface area contributed by atoms with Crippen LogP contribution in [0.2, 0.25) is 0 Å². The zero-order valence-electron chi connectivity index (χ0n) is 16.2. The molecule has 0 atom stereocenters. The Morgan fingerprint density at radius 3 is 1.79 bits per heavy atom. The average Bonchev–Trinajstić information content (AvgIpc) is 2.69. The van der Waals surface area contributed by atoms with E-state index in [9.17, 15) is 25.6 Å². The number of benzene rings is 1. The molecule has 13 heteroatoms. The average molecular weight is 455 g/mol. The number of hydrogen-bond acceptors (Lipinski definition) is 6. The van der Waals surface area contributed by atoms with Crippen LogP contribution in [-0.4, -0.2) is 101 Å². The molecule has 0 spiro atoms. The van der Waals surface area contributed by atoms with Gasteiger partial charge in [0.05, 0.1) is 7.11 Å². The first-order valence-corrected chi connectivity index (χ1v) is 11.9. The van der Waals surface area contributed by atoms with Crippen molar-refractivity contribution in [3.05, 3.63) is 23.8 Å². The van der Waals surface area contributed by atoms with Gasteiger partial charge in [-0.05, 0) is 7.05 Å². The lowest BCUT2D eigenvalue weighted by Gasteiger charge is -2.38. The van der Waals surface area contributed by atoms with Crippen molar-refractivity contribution in [1.82, 2.24) is 17.8 Å². The number of rotatable bonds is 5. The van der Waals surface area contributed by atoms with Gasteiger partial charge in [0, 0.05) is 64.5 Å². The van der Waals surface area contributed by atoms with Crippen LogP contribution in [0.1, 0.15) is 0 Å². The molecule has 0 aromatic heterocycles. The summed E-state index contributed by atoms with van der Waals surface area (Å²) in [6.07, 6.45) is 0. The first kappa shape index (κ1) is 22.3. The smallest absolute Gasteiger partial charge is 0.282 e. The van der Waals surface area contributed by atoms with Crippen LogP contribution in [0.3, 0.4) is 0 Å². The van der Waals surface area contributed by atoms with Crippen molar-refractivity contribution in [3.8, 4) is 5.75 Å². The fraction of sp³-hybridized carbons (Fsp3) is 0.625. The number of hydrogen-bond donors (Lipinski definition) is 0. The fourth-order valence-corrected chi connectivity index (χ4v) is 6.38. The third kappa shape index (κ3) is 4.39. The number of nitrogens with zero attached hydrogens (tertiary/aromatic N) is 4. The Morgan fingerprint density at radius 2 is 1.28 bits per heavy atom. The number of likely N-dealkylation sites (N-methyl/N-ethyl adjacent to an activating group) is 1. The summed E-state index contributed by atoms with van der Waals surface area (Å²) < 4.78 is 87.4. The Hall–Kier alpha value is -1.38. The highest BCUT2D eigenvalue weighted by Gasteiger charge is 2.37.